The highest BCUT2D eigenvalue weighted by Crippen LogP contribution is 2.28. The van der Waals surface area contributed by atoms with Gasteiger partial charge in [0, 0.05) is 12.3 Å². The number of hydrogen-bond acceptors (Lipinski definition) is 3. The molecular formula is C11H15NO3. The van der Waals surface area contributed by atoms with E-state index in [2.05, 4.69) is 0 Å². The van der Waals surface area contributed by atoms with Crippen LogP contribution in [0.1, 0.15) is 18.9 Å². The standard InChI is InChI=1S/C11H15NO3/c1-11(6-7-13,10(14)15)8-2-4-9(12)5-3-8/h2-5,13H,6-7,12H2,1H3,(H,14,15). The number of rotatable bonds is 4. The fourth-order valence-electron chi connectivity index (χ4n) is 1.45. The van der Waals surface area contributed by atoms with Crippen molar-refractivity contribution in [1.29, 1.82) is 0 Å². The normalized spacial score (nSPS) is 14.5. The van der Waals surface area contributed by atoms with Crippen molar-refractivity contribution in [3.8, 4) is 0 Å². The summed E-state index contributed by atoms with van der Waals surface area (Å²) in [5.41, 5.74) is 5.71. The molecule has 0 aliphatic carbocycles. The minimum atomic E-state index is -1.05. The summed E-state index contributed by atoms with van der Waals surface area (Å²) in [4.78, 5) is 11.2. The number of nitrogens with two attached hydrogens (primary N) is 1. The van der Waals surface area contributed by atoms with E-state index < -0.39 is 11.4 Å². The Bertz CT molecular complexity index is 347. The highest BCUT2D eigenvalue weighted by molar-refractivity contribution is 5.81. The van der Waals surface area contributed by atoms with Gasteiger partial charge >= 0.3 is 5.97 Å². The van der Waals surface area contributed by atoms with Crippen LogP contribution in [0.2, 0.25) is 0 Å². The minimum Gasteiger partial charge on any atom is -0.481 e. The molecule has 0 bridgehead atoms. The fourth-order valence-corrected chi connectivity index (χ4v) is 1.45. The SMILES string of the molecule is CC(CCO)(C(=O)O)c1ccc(N)cc1. The zero-order valence-electron chi connectivity index (χ0n) is 8.60. The molecule has 0 aliphatic heterocycles. The van der Waals surface area contributed by atoms with Crippen LogP contribution in [0.15, 0.2) is 24.3 Å². The van der Waals surface area contributed by atoms with Crippen LogP contribution >= 0.6 is 0 Å². The van der Waals surface area contributed by atoms with Crippen molar-refractivity contribution in [2.24, 2.45) is 0 Å². The van der Waals surface area contributed by atoms with E-state index in [9.17, 15) is 4.79 Å². The lowest BCUT2D eigenvalue weighted by atomic mass is 9.80. The molecule has 0 radical (unpaired) electrons. The van der Waals surface area contributed by atoms with E-state index in [4.69, 9.17) is 15.9 Å². The van der Waals surface area contributed by atoms with Crippen molar-refractivity contribution in [1.82, 2.24) is 0 Å². The Labute approximate surface area is 88.3 Å². The van der Waals surface area contributed by atoms with Gasteiger partial charge < -0.3 is 15.9 Å². The molecule has 15 heavy (non-hydrogen) atoms. The van der Waals surface area contributed by atoms with Crippen LogP contribution in [0.4, 0.5) is 5.69 Å². The molecule has 0 spiro atoms. The van der Waals surface area contributed by atoms with Gasteiger partial charge in [0.15, 0.2) is 0 Å². The maximum Gasteiger partial charge on any atom is 0.313 e. The summed E-state index contributed by atoms with van der Waals surface area (Å²) in [6, 6.07) is 6.68. The summed E-state index contributed by atoms with van der Waals surface area (Å²) in [5, 5.41) is 18.0. The van der Waals surface area contributed by atoms with E-state index in [1.165, 1.54) is 0 Å². The van der Waals surface area contributed by atoms with E-state index in [0.29, 0.717) is 11.3 Å². The molecule has 1 aromatic carbocycles. The van der Waals surface area contributed by atoms with Crippen LogP contribution in [-0.4, -0.2) is 22.8 Å². The number of aliphatic hydroxyl groups excluding tert-OH is 1. The molecule has 0 saturated heterocycles. The van der Waals surface area contributed by atoms with Gasteiger partial charge in [-0.05, 0) is 31.0 Å². The molecule has 82 valence electrons. The average Bonchev–Trinajstić information content (AvgIpc) is 2.18. The summed E-state index contributed by atoms with van der Waals surface area (Å²) in [6.45, 7) is 1.43. The quantitative estimate of drug-likeness (QED) is 0.646. The molecule has 4 N–H and O–H groups in total. The lowest BCUT2D eigenvalue weighted by Crippen LogP contribution is -2.33. The van der Waals surface area contributed by atoms with E-state index in [0.717, 1.165) is 0 Å². The van der Waals surface area contributed by atoms with Gasteiger partial charge in [0.1, 0.15) is 0 Å². The van der Waals surface area contributed by atoms with Crippen molar-refractivity contribution in [3.05, 3.63) is 29.8 Å². The number of nitrogen functional groups attached to an aromatic ring is 1. The molecule has 4 nitrogen and oxygen atoms in total. The van der Waals surface area contributed by atoms with Crippen LogP contribution in [-0.2, 0) is 10.2 Å². The first-order valence-corrected chi connectivity index (χ1v) is 4.71. The van der Waals surface area contributed by atoms with Gasteiger partial charge in [0.25, 0.3) is 0 Å². The minimum absolute atomic E-state index is 0.160. The molecule has 0 saturated carbocycles. The van der Waals surface area contributed by atoms with E-state index in [1.54, 1.807) is 31.2 Å². The maximum atomic E-state index is 11.2. The molecule has 0 heterocycles. The number of hydrogen-bond donors (Lipinski definition) is 3. The van der Waals surface area contributed by atoms with Crippen LogP contribution in [0, 0.1) is 0 Å². The third kappa shape index (κ3) is 2.27. The van der Waals surface area contributed by atoms with E-state index in [-0.39, 0.29) is 13.0 Å². The van der Waals surface area contributed by atoms with Gasteiger partial charge in [-0.3, -0.25) is 4.79 Å². The topological polar surface area (TPSA) is 83.5 Å². The summed E-state index contributed by atoms with van der Waals surface area (Å²) >= 11 is 0. The Morgan fingerprint density at radius 1 is 1.40 bits per heavy atom. The first kappa shape index (κ1) is 11.5. The smallest absolute Gasteiger partial charge is 0.313 e. The molecule has 4 heteroatoms. The van der Waals surface area contributed by atoms with Crippen molar-refractivity contribution < 1.29 is 15.0 Å². The third-order valence-electron chi connectivity index (χ3n) is 2.63. The monoisotopic (exact) mass is 209 g/mol. The van der Waals surface area contributed by atoms with Gasteiger partial charge in [-0.1, -0.05) is 12.1 Å². The fraction of sp³-hybridized carbons (Fsp3) is 0.364. The number of benzene rings is 1. The Morgan fingerprint density at radius 3 is 2.33 bits per heavy atom. The Morgan fingerprint density at radius 2 is 1.93 bits per heavy atom. The Kier molecular flexibility index (Phi) is 3.31. The van der Waals surface area contributed by atoms with Crippen molar-refractivity contribution in [3.63, 3.8) is 0 Å². The summed E-state index contributed by atoms with van der Waals surface area (Å²) in [6.07, 6.45) is 0.187. The van der Waals surface area contributed by atoms with Crippen LogP contribution in [0.3, 0.4) is 0 Å². The van der Waals surface area contributed by atoms with Gasteiger partial charge in [-0.2, -0.15) is 0 Å². The predicted octanol–water partition coefficient (Wildman–Crippen LogP) is 0.994. The maximum absolute atomic E-state index is 11.2. The highest BCUT2D eigenvalue weighted by atomic mass is 16.4. The number of carbonyl (C=O) groups is 1. The average molecular weight is 209 g/mol. The number of aliphatic hydroxyl groups is 1. The summed E-state index contributed by atoms with van der Waals surface area (Å²) in [7, 11) is 0. The molecule has 0 aromatic heterocycles. The second-order valence-electron chi connectivity index (χ2n) is 3.73. The van der Waals surface area contributed by atoms with E-state index in [1.807, 2.05) is 0 Å². The van der Waals surface area contributed by atoms with E-state index >= 15 is 0 Å². The molecule has 1 atom stereocenters. The van der Waals surface area contributed by atoms with Gasteiger partial charge in [-0.25, -0.2) is 0 Å². The Hall–Kier alpha value is -1.55. The number of carboxylic acids is 1. The largest absolute Gasteiger partial charge is 0.481 e. The van der Waals surface area contributed by atoms with Gasteiger partial charge in [0.2, 0.25) is 0 Å². The molecule has 1 unspecified atom stereocenters. The molecule has 0 amide bonds. The molecule has 1 rings (SSSR count). The van der Waals surface area contributed by atoms with Gasteiger partial charge in [-0.15, -0.1) is 0 Å². The van der Waals surface area contributed by atoms with Crippen LogP contribution in [0.5, 0.6) is 0 Å². The lowest BCUT2D eigenvalue weighted by molar-refractivity contribution is -0.143. The molecule has 0 fully saturated rings. The second-order valence-corrected chi connectivity index (χ2v) is 3.73. The Balaban J connectivity index is 3.09. The summed E-state index contributed by atoms with van der Waals surface area (Å²) < 4.78 is 0. The number of aliphatic carboxylic acids is 1. The molecule has 1 aromatic rings. The molecular weight excluding hydrogens is 194 g/mol. The third-order valence-corrected chi connectivity index (χ3v) is 2.63. The first-order chi connectivity index (χ1) is 7.00. The van der Waals surface area contributed by atoms with Crippen molar-refractivity contribution in [2.45, 2.75) is 18.8 Å². The van der Waals surface area contributed by atoms with Gasteiger partial charge in [0.05, 0.1) is 5.41 Å². The number of carboxylic acid groups (broad SMARTS) is 1. The lowest BCUT2D eigenvalue weighted by Gasteiger charge is -2.24. The van der Waals surface area contributed by atoms with Crippen LogP contribution < -0.4 is 5.73 Å². The highest BCUT2D eigenvalue weighted by Gasteiger charge is 2.34. The summed E-state index contributed by atoms with van der Waals surface area (Å²) in [5.74, 6) is -0.943. The molecule has 0 aliphatic rings. The second kappa shape index (κ2) is 4.31. The predicted molar refractivity (Wildman–Crippen MR) is 57.5 cm³/mol. The first-order valence-electron chi connectivity index (χ1n) is 4.71. The zero-order valence-corrected chi connectivity index (χ0v) is 8.60. The van der Waals surface area contributed by atoms with Crippen molar-refractivity contribution in [2.75, 3.05) is 12.3 Å². The number of anilines is 1. The van der Waals surface area contributed by atoms with Crippen LogP contribution in [0.25, 0.3) is 0 Å². The van der Waals surface area contributed by atoms with Crippen molar-refractivity contribution >= 4 is 11.7 Å². The zero-order chi connectivity index (χ0) is 11.5.